The molecule has 7 atom stereocenters. The highest BCUT2D eigenvalue weighted by Crippen LogP contribution is 2.73. The molecule has 116 valence electrons. The maximum absolute atomic E-state index is 12.5. The number of hydrogen-bond acceptors (Lipinski definition) is 7. The Balaban J connectivity index is 2.03. The van der Waals surface area contributed by atoms with Crippen LogP contribution in [0.4, 0.5) is 0 Å². The first-order chi connectivity index (χ1) is 9.81. The first kappa shape index (κ1) is 14.4. The minimum absolute atomic E-state index is 0.504. The van der Waals surface area contributed by atoms with Crippen LogP contribution in [0.2, 0.25) is 0 Å². The first-order valence-electron chi connectivity index (χ1n) is 6.39. The molecule has 4 rings (SSSR count). The van der Waals surface area contributed by atoms with E-state index in [0.29, 0.717) is 0 Å². The summed E-state index contributed by atoms with van der Waals surface area (Å²) in [5.41, 5.74) is 0. The third kappa shape index (κ3) is 1.09. The molecule has 2 aliphatic heterocycles. The Morgan fingerprint density at radius 2 is 1.38 bits per heavy atom. The molecular weight excluding hydrogens is 416 g/mol. The monoisotopic (exact) mass is 426 g/mol. The predicted molar refractivity (Wildman–Crippen MR) is 72.8 cm³/mol. The number of alkyl halides is 2. The van der Waals surface area contributed by atoms with Gasteiger partial charge in [-0.2, -0.15) is 0 Å². The molecule has 0 aromatic rings. The topological polar surface area (TPSA) is 91.3 Å². The number of esters is 2. The minimum Gasteiger partial charge on any atom is -0.458 e. The molecule has 0 bridgehead atoms. The van der Waals surface area contributed by atoms with Crippen LogP contribution in [0, 0.1) is 11.8 Å². The Morgan fingerprint density at radius 1 is 1.00 bits per heavy atom. The van der Waals surface area contributed by atoms with Crippen molar-refractivity contribution in [2.45, 2.75) is 32.7 Å². The largest absolute Gasteiger partial charge is 0.458 e. The summed E-state index contributed by atoms with van der Waals surface area (Å²) < 4.78 is 18.9. The van der Waals surface area contributed by atoms with Crippen molar-refractivity contribution in [2.24, 2.45) is 11.8 Å². The molecule has 1 unspecified atom stereocenters. The summed E-state index contributed by atoms with van der Waals surface area (Å²) in [6.45, 7) is 0. The van der Waals surface area contributed by atoms with Crippen LogP contribution in [0.25, 0.3) is 0 Å². The third-order valence-electron chi connectivity index (χ3n) is 5.30. The van der Waals surface area contributed by atoms with Gasteiger partial charge in [0.05, 0.1) is 0 Å². The maximum Gasteiger partial charge on any atom is 0.329 e. The molecule has 0 aromatic heterocycles. The fourth-order valence-corrected chi connectivity index (χ4v) is 7.41. The molecule has 21 heavy (non-hydrogen) atoms. The van der Waals surface area contributed by atoms with Crippen LogP contribution in [0.1, 0.15) is 0 Å². The highest BCUT2D eigenvalue weighted by atomic mass is 79.9. The molecule has 9 heteroatoms. The van der Waals surface area contributed by atoms with E-state index in [1.807, 2.05) is 0 Å². The standard InChI is InChI=1S/C12H12Br2O7/c1-18-12(19-2)10(13)3-4-7(21-9(17)11(4,12)14)5(15)6(3)20-8(10)16/h3-7,15H,1-2H3/t3-,4+,5?,6-,7+,10+,11-. The van der Waals surface area contributed by atoms with Crippen LogP contribution >= 0.6 is 31.9 Å². The number of carbonyl (C=O) groups excluding carboxylic acids is 2. The van der Waals surface area contributed by atoms with Gasteiger partial charge in [0.25, 0.3) is 0 Å². The summed E-state index contributed by atoms with van der Waals surface area (Å²) in [7, 11) is 2.71. The highest BCUT2D eigenvalue weighted by Gasteiger charge is 2.93. The van der Waals surface area contributed by atoms with Gasteiger partial charge >= 0.3 is 11.9 Å². The Labute approximate surface area is 136 Å². The number of aliphatic hydroxyl groups is 1. The summed E-state index contributed by atoms with van der Waals surface area (Å²) in [5, 5.41) is 10.3. The molecule has 0 spiro atoms. The average Bonchev–Trinajstić information content (AvgIpc) is 3.02. The van der Waals surface area contributed by atoms with Crippen LogP contribution in [0.15, 0.2) is 0 Å². The van der Waals surface area contributed by atoms with Crippen molar-refractivity contribution in [3.8, 4) is 0 Å². The van der Waals surface area contributed by atoms with Crippen LogP contribution in [-0.4, -0.2) is 64.0 Å². The SMILES string of the molecule is COC1(OC)[C@@]2(Br)C(=O)O[C@H]3C(O)[C@H]4OC(=O)[C@]1(Br)[C@H]4[C@H]32. The first-order valence-corrected chi connectivity index (χ1v) is 7.98. The van der Waals surface area contributed by atoms with E-state index in [0.717, 1.165) is 0 Å². The quantitative estimate of drug-likeness (QED) is 0.368. The zero-order valence-electron chi connectivity index (χ0n) is 11.0. The molecule has 0 aromatic carbocycles. The molecule has 1 N–H and O–H groups in total. The fraction of sp³-hybridized carbons (Fsp3) is 0.833. The lowest BCUT2D eigenvalue weighted by atomic mass is 9.90. The Hall–Kier alpha value is -0.220. The number of aliphatic hydroxyl groups excluding tert-OH is 1. The molecule has 2 heterocycles. The van der Waals surface area contributed by atoms with Gasteiger partial charge < -0.3 is 24.1 Å². The van der Waals surface area contributed by atoms with Crippen molar-refractivity contribution >= 4 is 43.8 Å². The molecule has 0 amide bonds. The lowest BCUT2D eigenvalue weighted by Gasteiger charge is -2.42. The molecular formula is C12H12Br2O7. The summed E-state index contributed by atoms with van der Waals surface area (Å²) in [5.74, 6) is -3.86. The molecule has 4 aliphatic rings. The van der Waals surface area contributed by atoms with E-state index in [9.17, 15) is 14.7 Å². The van der Waals surface area contributed by atoms with E-state index in [1.165, 1.54) is 14.2 Å². The van der Waals surface area contributed by atoms with Gasteiger partial charge in [0.1, 0.15) is 18.3 Å². The zero-order chi connectivity index (χ0) is 15.4. The number of halogens is 2. The van der Waals surface area contributed by atoms with E-state index in [1.54, 1.807) is 0 Å². The zero-order valence-corrected chi connectivity index (χ0v) is 14.2. The molecule has 7 nitrogen and oxygen atoms in total. The van der Waals surface area contributed by atoms with Crippen molar-refractivity contribution in [1.82, 2.24) is 0 Å². The number of ether oxygens (including phenoxy) is 4. The van der Waals surface area contributed by atoms with Crippen LogP contribution in [0.5, 0.6) is 0 Å². The van der Waals surface area contributed by atoms with Gasteiger partial charge in [-0.1, -0.05) is 31.9 Å². The second kappa shape index (κ2) is 3.81. The lowest BCUT2D eigenvalue weighted by Crippen LogP contribution is -2.65. The second-order valence-electron chi connectivity index (χ2n) is 5.73. The van der Waals surface area contributed by atoms with Crippen molar-refractivity contribution < 1.29 is 33.6 Å². The van der Waals surface area contributed by atoms with Gasteiger partial charge in [-0.05, 0) is 0 Å². The van der Waals surface area contributed by atoms with Crippen LogP contribution in [0.3, 0.4) is 0 Å². The fourth-order valence-electron chi connectivity index (χ4n) is 4.59. The Bertz CT molecular complexity index is 520. The molecule has 2 saturated heterocycles. The smallest absolute Gasteiger partial charge is 0.329 e. The summed E-state index contributed by atoms with van der Waals surface area (Å²) >= 11 is 6.84. The van der Waals surface area contributed by atoms with Gasteiger partial charge in [0.2, 0.25) is 5.79 Å². The van der Waals surface area contributed by atoms with Crippen LogP contribution in [-0.2, 0) is 28.5 Å². The molecule has 4 fully saturated rings. The minimum atomic E-state index is -1.63. The molecule has 0 radical (unpaired) electrons. The molecule has 2 saturated carbocycles. The Kier molecular flexibility index (Phi) is 2.61. The Morgan fingerprint density at radius 3 is 1.71 bits per heavy atom. The summed E-state index contributed by atoms with van der Waals surface area (Å²) in [4.78, 5) is 24.9. The van der Waals surface area contributed by atoms with Gasteiger partial charge in [-0.3, -0.25) is 9.59 Å². The van der Waals surface area contributed by atoms with Crippen molar-refractivity contribution in [1.29, 1.82) is 0 Å². The van der Waals surface area contributed by atoms with Gasteiger partial charge in [0.15, 0.2) is 8.65 Å². The maximum atomic E-state index is 12.5. The normalized spacial score (nSPS) is 55.6. The average molecular weight is 428 g/mol. The van der Waals surface area contributed by atoms with Gasteiger partial charge in [-0.15, -0.1) is 0 Å². The second-order valence-corrected chi connectivity index (χ2v) is 8.23. The number of methoxy groups -OCH3 is 2. The number of rotatable bonds is 2. The predicted octanol–water partition coefficient (Wildman–Crippen LogP) is -0.286. The summed E-state index contributed by atoms with van der Waals surface area (Å²) in [6.07, 6.45) is -2.58. The van der Waals surface area contributed by atoms with Crippen LogP contribution < -0.4 is 0 Å². The van der Waals surface area contributed by atoms with Crippen molar-refractivity contribution in [3.05, 3.63) is 0 Å². The van der Waals surface area contributed by atoms with E-state index >= 15 is 0 Å². The molecule has 2 aliphatic carbocycles. The highest BCUT2D eigenvalue weighted by molar-refractivity contribution is 9.11. The lowest BCUT2D eigenvalue weighted by molar-refractivity contribution is -0.231. The van der Waals surface area contributed by atoms with E-state index < -0.39 is 56.5 Å². The van der Waals surface area contributed by atoms with E-state index in [4.69, 9.17) is 18.9 Å². The van der Waals surface area contributed by atoms with Gasteiger partial charge in [-0.25, -0.2) is 0 Å². The van der Waals surface area contributed by atoms with Crippen molar-refractivity contribution in [2.75, 3.05) is 14.2 Å². The van der Waals surface area contributed by atoms with Gasteiger partial charge in [0, 0.05) is 26.1 Å². The van der Waals surface area contributed by atoms with E-state index in [2.05, 4.69) is 31.9 Å². The third-order valence-corrected chi connectivity index (χ3v) is 8.05. The number of hydrogen-bond donors (Lipinski definition) is 1. The number of carbonyl (C=O) groups is 2. The van der Waals surface area contributed by atoms with Crippen molar-refractivity contribution in [3.63, 3.8) is 0 Å². The van der Waals surface area contributed by atoms with E-state index in [-0.39, 0.29) is 0 Å². The summed E-state index contributed by atoms with van der Waals surface area (Å²) in [6, 6.07) is 0.